The van der Waals surface area contributed by atoms with Crippen molar-refractivity contribution in [3.05, 3.63) is 0 Å². The van der Waals surface area contributed by atoms with Crippen molar-refractivity contribution in [2.45, 2.75) is 375 Å². The summed E-state index contributed by atoms with van der Waals surface area (Å²) in [5.41, 5.74) is 0. The Morgan fingerprint density at radius 3 is 0.780 bits per heavy atom. The SMILES string of the molecule is CCC(C)CCCCCCCCC(=O)O[C@H](COC(=O)CCCCCCCCCCCCCCCCC(C)C)COP(=O)(O)OCC(O)COP(=O)(O)OC[C@@H](COC(=O)CCCCCCCCCCC(C)C)OC(=O)CCCCCCCCCCCCC(C)C. The molecule has 0 aliphatic carbocycles. The van der Waals surface area contributed by atoms with Gasteiger partial charge in [-0.1, -0.05) is 306 Å². The zero-order valence-corrected chi connectivity index (χ0v) is 61.3. The standard InChI is InChI=1S/C72H140O17P2/c1-9-65(8)51-43-35-30-31-39-47-55-72(77)89-68(59-82-69(74)52-44-36-27-20-15-13-11-10-12-14-18-24-32-40-48-62(2)3)61-87-91(80,81)85-57-66(73)56-84-90(78,79)86-60-67(58-83-70(75)53-45-37-28-23-22-26-34-42-50-64(6)7)88-71(76)54-46-38-29-21-17-16-19-25-33-41-49-63(4)5/h62-68,73H,9-61H2,1-8H3,(H,78,79)(H,80,81)/t65?,66?,67-,68-/m1/s1. The molecule has 0 aliphatic heterocycles. The Morgan fingerprint density at radius 2 is 0.527 bits per heavy atom. The molecule has 0 aromatic heterocycles. The van der Waals surface area contributed by atoms with Crippen molar-refractivity contribution in [2.75, 3.05) is 39.6 Å². The second-order valence-corrected chi connectivity index (χ2v) is 30.6. The molecule has 0 heterocycles. The van der Waals surface area contributed by atoms with Gasteiger partial charge < -0.3 is 33.8 Å². The van der Waals surface area contributed by atoms with E-state index in [0.717, 1.165) is 114 Å². The third kappa shape index (κ3) is 65.1. The summed E-state index contributed by atoms with van der Waals surface area (Å²) in [6.45, 7) is 14.1. The summed E-state index contributed by atoms with van der Waals surface area (Å²) >= 11 is 0. The second kappa shape index (κ2) is 61.6. The predicted octanol–water partition coefficient (Wildman–Crippen LogP) is 20.5. The Bertz CT molecular complexity index is 1800. The molecule has 0 aliphatic rings. The summed E-state index contributed by atoms with van der Waals surface area (Å²) in [5.74, 6) is 0.868. The number of hydrogen-bond acceptors (Lipinski definition) is 15. The van der Waals surface area contributed by atoms with Crippen molar-refractivity contribution in [3.63, 3.8) is 0 Å². The maximum atomic E-state index is 13.0. The van der Waals surface area contributed by atoms with Gasteiger partial charge in [0, 0.05) is 25.7 Å². The molecular weight excluding hydrogens is 1200 g/mol. The number of unbranched alkanes of at least 4 members (excludes halogenated alkanes) is 34. The van der Waals surface area contributed by atoms with Crippen LogP contribution in [0.1, 0.15) is 357 Å². The Morgan fingerprint density at radius 1 is 0.308 bits per heavy atom. The van der Waals surface area contributed by atoms with Gasteiger partial charge in [0.25, 0.3) is 0 Å². The van der Waals surface area contributed by atoms with Crippen LogP contribution in [0.3, 0.4) is 0 Å². The van der Waals surface area contributed by atoms with Crippen molar-refractivity contribution in [1.29, 1.82) is 0 Å². The van der Waals surface area contributed by atoms with Crippen molar-refractivity contribution < 1.29 is 80.2 Å². The van der Waals surface area contributed by atoms with Crippen molar-refractivity contribution >= 4 is 39.5 Å². The fraction of sp³-hybridized carbons (Fsp3) is 0.944. The van der Waals surface area contributed by atoms with E-state index in [-0.39, 0.29) is 25.7 Å². The molecule has 19 heteroatoms. The predicted molar refractivity (Wildman–Crippen MR) is 367 cm³/mol. The summed E-state index contributed by atoms with van der Waals surface area (Å²) in [6, 6.07) is 0. The van der Waals surface area contributed by atoms with E-state index in [2.05, 4.69) is 55.4 Å². The number of esters is 4. The van der Waals surface area contributed by atoms with Gasteiger partial charge in [-0.2, -0.15) is 0 Å². The molecule has 3 N–H and O–H groups in total. The summed E-state index contributed by atoms with van der Waals surface area (Å²) < 4.78 is 68.3. The molecule has 4 unspecified atom stereocenters. The van der Waals surface area contributed by atoms with Crippen LogP contribution in [0.2, 0.25) is 0 Å². The first-order chi connectivity index (χ1) is 43.6. The molecule has 0 bridgehead atoms. The zero-order chi connectivity index (χ0) is 67.5. The quantitative estimate of drug-likeness (QED) is 0.0222. The lowest BCUT2D eigenvalue weighted by atomic mass is 10.00. The molecule has 0 saturated heterocycles. The largest absolute Gasteiger partial charge is 0.472 e. The minimum atomic E-state index is -4.95. The van der Waals surface area contributed by atoms with Crippen LogP contribution in [0.5, 0.6) is 0 Å². The molecule has 0 fully saturated rings. The topological polar surface area (TPSA) is 237 Å². The fourth-order valence-corrected chi connectivity index (χ4v) is 12.4. The van der Waals surface area contributed by atoms with Gasteiger partial charge in [0.05, 0.1) is 26.4 Å². The lowest BCUT2D eigenvalue weighted by Crippen LogP contribution is -2.30. The normalized spacial score (nSPS) is 14.5. The molecule has 17 nitrogen and oxygen atoms in total. The van der Waals surface area contributed by atoms with Crippen molar-refractivity contribution in [2.24, 2.45) is 23.7 Å². The van der Waals surface area contributed by atoms with Gasteiger partial charge in [-0.3, -0.25) is 37.3 Å². The molecule has 0 spiro atoms. The highest BCUT2D eigenvalue weighted by Gasteiger charge is 2.30. The van der Waals surface area contributed by atoms with Crippen LogP contribution < -0.4 is 0 Å². The Kier molecular flexibility index (Phi) is 60.3. The second-order valence-electron chi connectivity index (χ2n) is 27.6. The first-order valence-electron chi connectivity index (χ1n) is 37.2. The van der Waals surface area contributed by atoms with Crippen LogP contribution >= 0.6 is 15.6 Å². The number of carbonyl (C=O) groups excluding carboxylic acids is 4. The summed E-state index contributed by atoms with van der Waals surface area (Å²) in [4.78, 5) is 72.6. The number of ether oxygens (including phenoxy) is 4. The molecule has 0 amide bonds. The number of aliphatic hydroxyl groups excluding tert-OH is 1. The molecular formula is C72H140O17P2. The monoisotopic (exact) mass is 1340 g/mol. The Hall–Kier alpha value is -1.94. The average molecular weight is 1340 g/mol. The number of hydrogen-bond donors (Lipinski definition) is 3. The molecule has 91 heavy (non-hydrogen) atoms. The van der Waals surface area contributed by atoms with E-state index in [1.165, 1.54) is 161 Å². The van der Waals surface area contributed by atoms with E-state index in [9.17, 15) is 43.2 Å². The minimum absolute atomic E-state index is 0.103. The molecule has 6 atom stereocenters. The zero-order valence-electron chi connectivity index (χ0n) is 59.5. The lowest BCUT2D eigenvalue weighted by Gasteiger charge is -2.21. The van der Waals surface area contributed by atoms with Gasteiger partial charge in [0.1, 0.15) is 19.3 Å². The smallest absolute Gasteiger partial charge is 0.462 e. The Balaban J connectivity index is 5.22. The van der Waals surface area contributed by atoms with E-state index >= 15 is 0 Å². The Labute approximate surface area is 556 Å². The lowest BCUT2D eigenvalue weighted by molar-refractivity contribution is -0.161. The number of carbonyl (C=O) groups is 4. The highest BCUT2D eigenvalue weighted by molar-refractivity contribution is 7.47. The van der Waals surface area contributed by atoms with Crippen LogP contribution in [-0.4, -0.2) is 96.7 Å². The molecule has 0 saturated carbocycles. The van der Waals surface area contributed by atoms with Gasteiger partial charge in [0.2, 0.25) is 0 Å². The number of phosphoric acid groups is 2. The van der Waals surface area contributed by atoms with E-state index in [4.69, 9.17) is 37.0 Å². The number of rotatable bonds is 69. The first-order valence-corrected chi connectivity index (χ1v) is 40.2. The van der Waals surface area contributed by atoms with E-state index < -0.39 is 97.5 Å². The average Bonchev–Trinajstić information content (AvgIpc) is 3.35. The first kappa shape index (κ1) is 89.1. The van der Waals surface area contributed by atoms with E-state index in [1.54, 1.807) is 0 Å². The highest BCUT2D eigenvalue weighted by Crippen LogP contribution is 2.45. The third-order valence-corrected chi connectivity index (χ3v) is 18.8. The van der Waals surface area contributed by atoms with Crippen LogP contribution in [0.25, 0.3) is 0 Å². The van der Waals surface area contributed by atoms with Crippen LogP contribution in [-0.2, 0) is 65.4 Å². The summed E-state index contributed by atoms with van der Waals surface area (Å²) in [5, 5.41) is 10.6. The van der Waals surface area contributed by atoms with Crippen LogP contribution in [0, 0.1) is 23.7 Å². The van der Waals surface area contributed by atoms with Gasteiger partial charge in [0.15, 0.2) is 12.2 Å². The van der Waals surface area contributed by atoms with E-state index in [1.807, 2.05) is 0 Å². The number of phosphoric ester groups is 2. The molecule has 0 radical (unpaired) electrons. The van der Waals surface area contributed by atoms with Crippen LogP contribution in [0.15, 0.2) is 0 Å². The van der Waals surface area contributed by atoms with Gasteiger partial charge >= 0.3 is 39.5 Å². The molecule has 0 aromatic rings. The molecule has 0 rings (SSSR count). The summed E-state index contributed by atoms with van der Waals surface area (Å²) in [6.07, 6.45) is 44.5. The maximum Gasteiger partial charge on any atom is 0.472 e. The van der Waals surface area contributed by atoms with Gasteiger partial charge in [-0.15, -0.1) is 0 Å². The van der Waals surface area contributed by atoms with Crippen molar-refractivity contribution in [3.8, 4) is 0 Å². The van der Waals surface area contributed by atoms with Crippen LogP contribution in [0.4, 0.5) is 0 Å². The molecule has 540 valence electrons. The number of aliphatic hydroxyl groups is 1. The summed E-state index contributed by atoms with van der Waals surface area (Å²) in [7, 11) is -9.91. The third-order valence-electron chi connectivity index (χ3n) is 16.9. The fourth-order valence-electron chi connectivity index (χ4n) is 10.8. The highest BCUT2D eigenvalue weighted by atomic mass is 31.2. The maximum absolute atomic E-state index is 13.0. The van der Waals surface area contributed by atoms with Gasteiger partial charge in [-0.05, 0) is 49.4 Å². The minimum Gasteiger partial charge on any atom is -0.462 e. The van der Waals surface area contributed by atoms with Crippen molar-refractivity contribution in [1.82, 2.24) is 0 Å². The van der Waals surface area contributed by atoms with Gasteiger partial charge in [-0.25, -0.2) is 9.13 Å². The molecule has 0 aromatic carbocycles. The van der Waals surface area contributed by atoms with E-state index in [0.29, 0.717) is 25.7 Å².